The van der Waals surface area contributed by atoms with Crippen LogP contribution in [0.1, 0.15) is 22.3 Å². The molecule has 0 N–H and O–H groups in total. The first kappa shape index (κ1) is 30.3. The Kier molecular flexibility index (Phi) is 6.77. The van der Waals surface area contributed by atoms with Crippen molar-refractivity contribution in [1.82, 2.24) is 0 Å². The van der Waals surface area contributed by atoms with Crippen LogP contribution >= 0.6 is 11.8 Å². The van der Waals surface area contributed by atoms with Gasteiger partial charge in [0.05, 0.1) is 16.8 Å². The molecule has 53 heavy (non-hydrogen) atoms. The molecule has 0 radical (unpaired) electrons. The van der Waals surface area contributed by atoms with Crippen LogP contribution in [0.3, 0.4) is 0 Å². The van der Waals surface area contributed by atoms with E-state index < -0.39 is 5.41 Å². The molecule has 0 bridgehead atoms. The average molecular weight is 692 g/mol. The number of hydrogen-bond donors (Lipinski definition) is 0. The zero-order valence-electron chi connectivity index (χ0n) is 28.9. The third-order valence-electron chi connectivity index (χ3n) is 11.3. The SMILES string of the molecule is c1ccc(-c2c(N(c3ccccc3)c3ccc4c5c(cccc35)C3(c5ccccc5Sc5ccccc53)c3ccccc3-4)ccc3ccccc23)cc1. The molecular weight excluding hydrogens is 659 g/mol. The topological polar surface area (TPSA) is 3.24 Å². The minimum atomic E-state index is -0.476. The van der Waals surface area contributed by atoms with Crippen molar-refractivity contribution in [2.45, 2.75) is 15.2 Å². The highest BCUT2D eigenvalue weighted by molar-refractivity contribution is 7.99. The van der Waals surface area contributed by atoms with Gasteiger partial charge in [-0.3, -0.25) is 0 Å². The van der Waals surface area contributed by atoms with Gasteiger partial charge in [0.25, 0.3) is 0 Å². The normalized spacial score (nSPS) is 13.4. The molecule has 1 aliphatic heterocycles. The molecule has 9 aromatic carbocycles. The summed E-state index contributed by atoms with van der Waals surface area (Å²) in [6, 6.07) is 74.1. The van der Waals surface area contributed by atoms with Crippen LogP contribution in [0.2, 0.25) is 0 Å². The van der Waals surface area contributed by atoms with Gasteiger partial charge in [-0.1, -0.05) is 176 Å². The quantitative estimate of drug-likeness (QED) is 0.181. The zero-order chi connectivity index (χ0) is 34.9. The van der Waals surface area contributed by atoms with Crippen molar-refractivity contribution < 1.29 is 0 Å². The van der Waals surface area contributed by atoms with Crippen LogP contribution in [0.5, 0.6) is 0 Å². The van der Waals surface area contributed by atoms with Gasteiger partial charge in [0.2, 0.25) is 0 Å². The smallest absolute Gasteiger partial charge is 0.0735 e. The molecule has 11 rings (SSSR count). The van der Waals surface area contributed by atoms with E-state index in [2.05, 4.69) is 205 Å². The Morgan fingerprint density at radius 2 is 0.962 bits per heavy atom. The van der Waals surface area contributed by atoms with E-state index in [0.717, 1.165) is 17.1 Å². The summed E-state index contributed by atoms with van der Waals surface area (Å²) >= 11 is 1.89. The Morgan fingerprint density at radius 1 is 0.377 bits per heavy atom. The van der Waals surface area contributed by atoms with Crippen molar-refractivity contribution in [3.63, 3.8) is 0 Å². The van der Waals surface area contributed by atoms with E-state index in [4.69, 9.17) is 0 Å². The molecular formula is C51H33NS. The number of rotatable bonds is 4. The molecule has 0 amide bonds. The Labute approximate surface area is 313 Å². The van der Waals surface area contributed by atoms with E-state index in [-0.39, 0.29) is 0 Å². The molecule has 0 unspecified atom stereocenters. The van der Waals surface area contributed by atoms with E-state index in [1.807, 2.05) is 11.8 Å². The van der Waals surface area contributed by atoms with Gasteiger partial charge in [-0.05, 0) is 91.5 Å². The van der Waals surface area contributed by atoms with Gasteiger partial charge in [-0.25, -0.2) is 0 Å². The van der Waals surface area contributed by atoms with Crippen LogP contribution in [-0.2, 0) is 5.41 Å². The van der Waals surface area contributed by atoms with E-state index in [1.54, 1.807) is 0 Å². The lowest BCUT2D eigenvalue weighted by atomic mass is 9.59. The summed E-state index contributed by atoms with van der Waals surface area (Å²) in [6.07, 6.45) is 0. The number of hydrogen-bond acceptors (Lipinski definition) is 2. The van der Waals surface area contributed by atoms with Crippen LogP contribution in [0.15, 0.2) is 210 Å². The highest BCUT2D eigenvalue weighted by Gasteiger charge is 2.48. The molecule has 1 heterocycles. The second-order valence-electron chi connectivity index (χ2n) is 14.0. The largest absolute Gasteiger partial charge is 0.309 e. The van der Waals surface area contributed by atoms with E-state index in [0.29, 0.717) is 0 Å². The van der Waals surface area contributed by atoms with E-state index >= 15 is 0 Å². The highest BCUT2D eigenvalue weighted by atomic mass is 32.2. The second kappa shape index (κ2) is 11.8. The fraction of sp³-hybridized carbons (Fsp3) is 0.0196. The minimum Gasteiger partial charge on any atom is -0.309 e. The Hall–Kier alpha value is -6.35. The van der Waals surface area contributed by atoms with Gasteiger partial charge in [-0.2, -0.15) is 0 Å². The summed E-state index contributed by atoms with van der Waals surface area (Å²) in [7, 11) is 0. The molecule has 0 aromatic heterocycles. The van der Waals surface area contributed by atoms with Crippen molar-refractivity contribution in [3.8, 4) is 22.3 Å². The van der Waals surface area contributed by atoms with Crippen molar-refractivity contribution in [1.29, 1.82) is 0 Å². The maximum atomic E-state index is 2.49. The Bertz CT molecular complexity index is 2830. The summed E-state index contributed by atoms with van der Waals surface area (Å²) < 4.78 is 0. The van der Waals surface area contributed by atoms with Crippen molar-refractivity contribution in [3.05, 3.63) is 222 Å². The third kappa shape index (κ3) is 4.33. The number of anilines is 3. The molecule has 0 saturated carbocycles. The number of para-hydroxylation sites is 1. The standard InChI is InChI=1S/C51H33NS/c1-3-17-35(18-4-1)49-37-21-8-7-16-34(37)30-32-46(49)52(36-19-5-2-6-20-36)45-33-31-39-38-22-9-10-24-41(38)51(44-27-15-23-40(45)50(39)44)42-25-11-13-28-47(42)53-48-29-14-12-26-43(48)51/h1-33H. The van der Waals surface area contributed by atoms with Crippen molar-refractivity contribution in [2.24, 2.45) is 0 Å². The van der Waals surface area contributed by atoms with Gasteiger partial charge >= 0.3 is 0 Å². The van der Waals surface area contributed by atoms with E-state index in [1.165, 1.54) is 75.8 Å². The van der Waals surface area contributed by atoms with Gasteiger partial charge in [-0.15, -0.1) is 0 Å². The second-order valence-corrected chi connectivity index (χ2v) is 15.1. The molecule has 2 heteroatoms. The maximum absolute atomic E-state index is 2.49. The third-order valence-corrected chi connectivity index (χ3v) is 12.5. The first-order valence-electron chi connectivity index (χ1n) is 18.3. The van der Waals surface area contributed by atoms with Crippen LogP contribution in [0.25, 0.3) is 43.8 Å². The summed E-state index contributed by atoms with van der Waals surface area (Å²) in [5.41, 5.74) is 13.3. The monoisotopic (exact) mass is 691 g/mol. The minimum absolute atomic E-state index is 0.476. The predicted octanol–water partition coefficient (Wildman–Crippen LogP) is 14.0. The van der Waals surface area contributed by atoms with Gasteiger partial charge < -0.3 is 4.90 Å². The van der Waals surface area contributed by atoms with Crippen LogP contribution in [0, 0.1) is 0 Å². The first-order valence-corrected chi connectivity index (χ1v) is 19.1. The van der Waals surface area contributed by atoms with Crippen LogP contribution in [-0.4, -0.2) is 0 Å². The van der Waals surface area contributed by atoms with Crippen molar-refractivity contribution >= 4 is 50.4 Å². The molecule has 9 aromatic rings. The fourth-order valence-electron chi connectivity index (χ4n) is 9.23. The Morgan fingerprint density at radius 3 is 1.74 bits per heavy atom. The predicted molar refractivity (Wildman–Crippen MR) is 223 cm³/mol. The lowest BCUT2D eigenvalue weighted by Crippen LogP contribution is -2.36. The molecule has 0 saturated heterocycles. The molecule has 1 spiro atoms. The lowest BCUT2D eigenvalue weighted by molar-refractivity contribution is 0.707. The first-order chi connectivity index (χ1) is 26.3. The average Bonchev–Trinajstić information content (AvgIpc) is 3.23. The van der Waals surface area contributed by atoms with E-state index in [9.17, 15) is 0 Å². The highest BCUT2D eigenvalue weighted by Crippen LogP contribution is 2.62. The summed E-state index contributed by atoms with van der Waals surface area (Å²) in [5, 5.41) is 5.01. The maximum Gasteiger partial charge on any atom is 0.0735 e. The molecule has 248 valence electrons. The lowest BCUT2D eigenvalue weighted by Gasteiger charge is -2.46. The summed E-state index contributed by atoms with van der Waals surface area (Å²) in [5.74, 6) is 0. The summed E-state index contributed by atoms with van der Waals surface area (Å²) in [6.45, 7) is 0. The van der Waals surface area contributed by atoms with Gasteiger partial charge in [0.15, 0.2) is 0 Å². The number of benzene rings is 9. The fourth-order valence-corrected chi connectivity index (χ4v) is 10.4. The van der Waals surface area contributed by atoms with Crippen LogP contribution < -0.4 is 4.90 Å². The molecule has 2 aliphatic rings. The molecule has 1 nitrogen and oxygen atoms in total. The molecule has 0 atom stereocenters. The van der Waals surface area contributed by atoms with Gasteiger partial charge in [0.1, 0.15) is 0 Å². The van der Waals surface area contributed by atoms with Crippen molar-refractivity contribution in [2.75, 3.05) is 4.90 Å². The molecule has 1 aliphatic carbocycles. The Balaban J connectivity index is 1.28. The molecule has 0 fully saturated rings. The van der Waals surface area contributed by atoms with Crippen LogP contribution in [0.4, 0.5) is 17.1 Å². The van der Waals surface area contributed by atoms with Gasteiger partial charge in [0, 0.05) is 26.4 Å². The number of fused-ring (bicyclic) bond motifs is 9. The number of nitrogens with zero attached hydrogens (tertiary/aromatic N) is 1. The summed E-state index contributed by atoms with van der Waals surface area (Å²) in [4.78, 5) is 5.11. The zero-order valence-corrected chi connectivity index (χ0v) is 29.7.